The van der Waals surface area contributed by atoms with Gasteiger partial charge >= 0.3 is 0 Å². The molecule has 10 N–H and O–H groups in total. The summed E-state index contributed by atoms with van der Waals surface area (Å²) < 4.78 is 28.0. The molecule has 0 saturated carbocycles. The molecule has 3 fully saturated rings. The maximum atomic E-state index is 12.1. The second-order valence-electron chi connectivity index (χ2n) is 9.79. The van der Waals surface area contributed by atoms with Gasteiger partial charge in [-0.25, -0.2) is 0 Å². The molecule has 0 aromatic carbocycles. The zero-order valence-corrected chi connectivity index (χ0v) is 21.5. The Balaban J connectivity index is 1.91. The van der Waals surface area contributed by atoms with Crippen LogP contribution in [0, 0.1) is 0 Å². The number of rotatable bonds is 8. The predicted molar refractivity (Wildman–Crippen MR) is 123 cm³/mol. The standard InChI is InChI=1S/C22H38N2O15/c1-6-13(29)19(39-22-17(33)16(32)14(30)9(4-25)37-22)12(24-8(3)28)21(35-6)38-18-11(23-7(2)27)20(34)36-10(5-26)15(18)31/h6,9-22,25-26,29-34H,4-5H2,1-3H3,(H,23,27)(H,24,28)/t6-,9+,10+,11+,12-,13+,14-,15+,16-,17+,18+,19-,20+,21-,22-/m0/s1. The highest BCUT2D eigenvalue weighted by Crippen LogP contribution is 2.32. The van der Waals surface area contributed by atoms with E-state index < -0.39 is 117 Å². The second kappa shape index (κ2) is 13.4. The van der Waals surface area contributed by atoms with Gasteiger partial charge in [-0.3, -0.25) is 9.59 Å². The van der Waals surface area contributed by atoms with Crippen molar-refractivity contribution in [1.29, 1.82) is 0 Å². The van der Waals surface area contributed by atoms with E-state index in [4.69, 9.17) is 23.7 Å². The van der Waals surface area contributed by atoms with Gasteiger partial charge in [0.25, 0.3) is 0 Å². The van der Waals surface area contributed by atoms with Crippen LogP contribution in [-0.2, 0) is 33.3 Å². The van der Waals surface area contributed by atoms with Crippen LogP contribution in [0.15, 0.2) is 0 Å². The highest BCUT2D eigenvalue weighted by molar-refractivity contribution is 5.73. The zero-order chi connectivity index (χ0) is 29.2. The minimum absolute atomic E-state index is 0.610. The van der Waals surface area contributed by atoms with E-state index in [2.05, 4.69) is 10.6 Å². The van der Waals surface area contributed by atoms with Crippen LogP contribution in [0.1, 0.15) is 20.8 Å². The molecule has 17 heteroatoms. The van der Waals surface area contributed by atoms with Gasteiger partial charge in [-0.15, -0.1) is 0 Å². The Morgan fingerprint density at radius 2 is 1.18 bits per heavy atom. The topological polar surface area (TPSA) is 266 Å². The summed E-state index contributed by atoms with van der Waals surface area (Å²) in [6.45, 7) is 2.25. The average Bonchev–Trinajstić information content (AvgIpc) is 2.87. The first-order chi connectivity index (χ1) is 18.3. The number of aliphatic hydroxyl groups excluding tert-OH is 8. The molecule has 39 heavy (non-hydrogen) atoms. The molecule has 3 aliphatic heterocycles. The third-order valence-electron chi connectivity index (χ3n) is 6.86. The van der Waals surface area contributed by atoms with Gasteiger partial charge in [-0.05, 0) is 6.92 Å². The molecule has 2 amide bonds. The second-order valence-corrected chi connectivity index (χ2v) is 9.79. The lowest BCUT2D eigenvalue weighted by molar-refractivity contribution is -0.354. The van der Waals surface area contributed by atoms with Gasteiger partial charge in [0.2, 0.25) is 11.8 Å². The smallest absolute Gasteiger partial charge is 0.217 e. The van der Waals surface area contributed by atoms with Gasteiger partial charge in [-0.2, -0.15) is 0 Å². The summed E-state index contributed by atoms with van der Waals surface area (Å²) in [7, 11) is 0. The largest absolute Gasteiger partial charge is 0.394 e. The fraction of sp³-hybridized carbons (Fsp3) is 0.909. The first kappa shape index (κ1) is 31.9. The lowest BCUT2D eigenvalue weighted by Gasteiger charge is -2.49. The molecule has 0 radical (unpaired) electrons. The molecule has 0 aromatic heterocycles. The molecule has 3 aliphatic rings. The van der Waals surface area contributed by atoms with Crippen LogP contribution in [0.4, 0.5) is 0 Å². The molecule has 3 rings (SSSR count). The Morgan fingerprint density at radius 1 is 0.667 bits per heavy atom. The van der Waals surface area contributed by atoms with Crippen molar-refractivity contribution < 1.29 is 74.1 Å². The van der Waals surface area contributed by atoms with E-state index in [1.807, 2.05) is 0 Å². The van der Waals surface area contributed by atoms with Gasteiger partial charge in [0.05, 0.1) is 19.3 Å². The van der Waals surface area contributed by atoms with E-state index in [-0.39, 0.29) is 0 Å². The lowest BCUT2D eigenvalue weighted by atomic mass is 9.94. The van der Waals surface area contributed by atoms with Gasteiger partial charge in [-0.1, -0.05) is 0 Å². The molecule has 226 valence electrons. The molecule has 3 heterocycles. The van der Waals surface area contributed by atoms with Crippen LogP contribution in [-0.4, -0.2) is 158 Å². The van der Waals surface area contributed by atoms with Crippen LogP contribution in [0.25, 0.3) is 0 Å². The van der Waals surface area contributed by atoms with Crippen molar-refractivity contribution >= 4 is 11.8 Å². The van der Waals surface area contributed by atoms with Crippen LogP contribution in [0.2, 0.25) is 0 Å². The molecular formula is C22H38N2O15. The minimum Gasteiger partial charge on any atom is -0.394 e. The van der Waals surface area contributed by atoms with Crippen molar-refractivity contribution in [1.82, 2.24) is 10.6 Å². The Hall–Kier alpha value is -1.58. The molecule has 3 saturated heterocycles. The summed E-state index contributed by atoms with van der Waals surface area (Å²) in [5.41, 5.74) is 0. The first-order valence-corrected chi connectivity index (χ1v) is 12.4. The molecule has 0 spiro atoms. The lowest BCUT2D eigenvalue weighted by Crippen LogP contribution is -2.70. The van der Waals surface area contributed by atoms with E-state index in [1.54, 1.807) is 0 Å². The van der Waals surface area contributed by atoms with Crippen molar-refractivity contribution in [3.05, 3.63) is 0 Å². The van der Waals surface area contributed by atoms with Crippen LogP contribution in [0.3, 0.4) is 0 Å². The SMILES string of the molecule is CC(=O)N[C@@H]1[C@H](O[C@H]2[C@H](O)[C@@H](CO)O[C@@H](O)[C@@H]2NC(C)=O)O[C@@H](C)[C@@H](O)[C@H]1O[C@@H]1O[C@H](CO)[C@H](O)[C@H](O)[C@H]1O. The maximum Gasteiger partial charge on any atom is 0.217 e. The summed E-state index contributed by atoms with van der Waals surface area (Å²) >= 11 is 0. The fourth-order valence-electron chi connectivity index (χ4n) is 4.80. The van der Waals surface area contributed by atoms with E-state index >= 15 is 0 Å². The van der Waals surface area contributed by atoms with Crippen molar-refractivity contribution in [2.45, 2.75) is 113 Å². The number of hydrogen-bond donors (Lipinski definition) is 10. The van der Waals surface area contributed by atoms with Crippen LogP contribution >= 0.6 is 0 Å². The number of aliphatic hydroxyl groups is 8. The van der Waals surface area contributed by atoms with E-state index in [9.17, 15) is 50.4 Å². The van der Waals surface area contributed by atoms with Gasteiger partial charge < -0.3 is 75.2 Å². The maximum absolute atomic E-state index is 12.1. The molecule has 0 bridgehead atoms. The zero-order valence-electron chi connectivity index (χ0n) is 21.5. The van der Waals surface area contributed by atoms with E-state index in [0.29, 0.717) is 0 Å². The molecule has 0 unspecified atom stereocenters. The van der Waals surface area contributed by atoms with Gasteiger partial charge in [0.15, 0.2) is 18.9 Å². The van der Waals surface area contributed by atoms with Gasteiger partial charge in [0.1, 0.15) is 67.0 Å². The molecule has 15 atom stereocenters. The number of amides is 2. The van der Waals surface area contributed by atoms with E-state index in [1.165, 1.54) is 6.92 Å². The Labute approximate surface area is 223 Å². The summed E-state index contributed by atoms with van der Waals surface area (Å²) in [6.07, 6.45) is -19.9. The van der Waals surface area contributed by atoms with Gasteiger partial charge in [0, 0.05) is 13.8 Å². The summed E-state index contributed by atoms with van der Waals surface area (Å²) in [6, 6.07) is -2.73. The number of ether oxygens (including phenoxy) is 5. The van der Waals surface area contributed by atoms with Crippen molar-refractivity contribution in [2.24, 2.45) is 0 Å². The number of nitrogens with one attached hydrogen (secondary N) is 2. The Kier molecular flexibility index (Phi) is 11.0. The first-order valence-electron chi connectivity index (χ1n) is 12.4. The minimum atomic E-state index is -1.83. The highest BCUT2D eigenvalue weighted by atomic mass is 16.7. The summed E-state index contributed by atoms with van der Waals surface area (Å²) in [5, 5.41) is 86.6. The summed E-state index contributed by atoms with van der Waals surface area (Å²) in [5.74, 6) is -1.25. The quantitative estimate of drug-likeness (QED) is 0.130. The van der Waals surface area contributed by atoms with Crippen molar-refractivity contribution in [3.63, 3.8) is 0 Å². The molecule has 0 aromatic rings. The number of hydrogen-bond acceptors (Lipinski definition) is 15. The Morgan fingerprint density at radius 3 is 1.74 bits per heavy atom. The summed E-state index contributed by atoms with van der Waals surface area (Å²) in [4.78, 5) is 23.9. The number of carbonyl (C=O) groups excluding carboxylic acids is 2. The Bertz CT molecular complexity index is 835. The van der Waals surface area contributed by atoms with Crippen molar-refractivity contribution in [3.8, 4) is 0 Å². The predicted octanol–water partition coefficient (Wildman–Crippen LogP) is -6.26. The molecule has 17 nitrogen and oxygen atoms in total. The normalized spacial score (nSPS) is 46.9. The van der Waals surface area contributed by atoms with Crippen molar-refractivity contribution in [2.75, 3.05) is 13.2 Å². The fourth-order valence-corrected chi connectivity index (χ4v) is 4.80. The van der Waals surface area contributed by atoms with E-state index in [0.717, 1.165) is 13.8 Å². The highest BCUT2D eigenvalue weighted by Gasteiger charge is 2.53. The molecule has 0 aliphatic carbocycles. The average molecular weight is 571 g/mol. The van der Waals surface area contributed by atoms with Crippen LogP contribution in [0.5, 0.6) is 0 Å². The third kappa shape index (κ3) is 7.02. The third-order valence-corrected chi connectivity index (χ3v) is 6.86. The van der Waals surface area contributed by atoms with Crippen LogP contribution < -0.4 is 10.6 Å². The molecular weight excluding hydrogens is 532 g/mol. The monoisotopic (exact) mass is 570 g/mol. The number of carbonyl (C=O) groups is 2.